The van der Waals surface area contributed by atoms with E-state index < -0.39 is 43.9 Å². The highest BCUT2D eigenvalue weighted by molar-refractivity contribution is 7.89. The number of hydrogen-bond acceptors (Lipinski definition) is 5. The molecule has 0 unspecified atom stereocenters. The normalized spacial score (nSPS) is 14.0. The first kappa shape index (κ1) is 22.3. The highest BCUT2D eigenvalue weighted by Crippen LogP contribution is 2.27. The minimum atomic E-state index is -5.12. The highest BCUT2D eigenvalue weighted by atomic mass is 32.2. The molecule has 0 heterocycles. The number of halogens is 3. The lowest BCUT2D eigenvalue weighted by Gasteiger charge is -2.21. The van der Waals surface area contributed by atoms with Crippen molar-refractivity contribution in [1.29, 1.82) is 0 Å². The van der Waals surface area contributed by atoms with E-state index in [1.807, 2.05) is 0 Å². The Kier molecular flexibility index (Phi) is 6.54. The number of alkyl halides is 3. The van der Waals surface area contributed by atoms with Gasteiger partial charge in [-0.3, -0.25) is 4.18 Å². The van der Waals surface area contributed by atoms with Crippen molar-refractivity contribution in [1.82, 2.24) is 4.72 Å². The Balaban J connectivity index is 2.20. The molecular formula is C17H18F3NO5S2. The van der Waals surface area contributed by atoms with Gasteiger partial charge >= 0.3 is 6.18 Å². The van der Waals surface area contributed by atoms with E-state index in [1.54, 1.807) is 18.6 Å². The molecule has 0 saturated carbocycles. The monoisotopic (exact) mass is 437 g/mol. The molecule has 1 atom stereocenters. The Morgan fingerprint density at radius 3 is 1.71 bits per heavy atom. The van der Waals surface area contributed by atoms with Gasteiger partial charge in [0.15, 0.2) is 6.10 Å². The zero-order chi connectivity index (χ0) is 21.2. The van der Waals surface area contributed by atoms with Crippen LogP contribution in [0.5, 0.6) is 0 Å². The van der Waals surface area contributed by atoms with Crippen LogP contribution < -0.4 is 4.72 Å². The van der Waals surface area contributed by atoms with Crippen LogP contribution in [0.25, 0.3) is 0 Å². The largest absolute Gasteiger partial charge is 0.417 e. The molecule has 0 aliphatic carbocycles. The van der Waals surface area contributed by atoms with Crippen molar-refractivity contribution in [2.75, 3.05) is 6.54 Å². The van der Waals surface area contributed by atoms with Crippen LogP contribution in [0.2, 0.25) is 0 Å². The molecule has 2 aromatic carbocycles. The van der Waals surface area contributed by atoms with Gasteiger partial charge < -0.3 is 0 Å². The minimum Gasteiger partial charge on any atom is -0.252 e. The second kappa shape index (κ2) is 8.19. The van der Waals surface area contributed by atoms with E-state index in [9.17, 15) is 30.0 Å². The molecule has 2 aromatic rings. The third kappa shape index (κ3) is 5.77. The van der Waals surface area contributed by atoms with Crippen molar-refractivity contribution < 1.29 is 34.2 Å². The number of sulfonamides is 1. The van der Waals surface area contributed by atoms with E-state index in [-0.39, 0.29) is 4.90 Å². The van der Waals surface area contributed by atoms with E-state index in [4.69, 9.17) is 0 Å². The van der Waals surface area contributed by atoms with Gasteiger partial charge in [0.05, 0.1) is 9.79 Å². The molecule has 0 bridgehead atoms. The Morgan fingerprint density at radius 2 is 1.29 bits per heavy atom. The second-order valence-electron chi connectivity index (χ2n) is 6.06. The molecule has 0 fully saturated rings. The second-order valence-corrected chi connectivity index (χ2v) is 9.40. The maximum atomic E-state index is 13.2. The Labute approximate surface area is 161 Å². The number of aryl methyl sites for hydroxylation is 2. The molecule has 0 aliphatic rings. The third-order valence-corrected chi connectivity index (χ3v) is 6.48. The lowest BCUT2D eigenvalue weighted by Crippen LogP contribution is -2.43. The predicted octanol–water partition coefficient (Wildman–Crippen LogP) is 2.92. The fraction of sp³-hybridized carbons (Fsp3) is 0.294. The summed E-state index contributed by atoms with van der Waals surface area (Å²) >= 11 is 0. The van der Waals surface area contributed by atoms with Crippen LogP contribution >= 0.6 is 0 Å². The van der Waals surface area contributed by atoms with E-state index in [0.29, 0.717) is 5.56 Å². The molecule has 0 amide bonds. The predicted molar refractivity (Wildman–Crippen MR) is 95.7 cm³/mol. The van der Waals surface area contributed by atoms with E-state index in [2.05, 4.69) is 4.18 Å². The molecule has 28 heavy (non-hydrogen) atoms. The number of benzene rings is 2. The van der Waals surface area contributed by atoms with Crippen LogP contribution in [-0.2, 0) is 24.3 Å². The fourth-order valence-corrected chi connectivity index (χ4v) is 4.20. The molecule has 0 saturated heterocycles. The molecule has 154 valence electrons. The van der Waals surface area contributed by atoms with Gasteiger partial charge in [0, 0.05) is 6.54 Å². The first-order chi connectivity index (χ1) is 12.8. The van der Waals surface area contributed by atoms with Gasteiger partial charge in [-0.15, -0.1) is 0 Å². The average molecular weight is 437 g/mol. The molecule has 0 aliphatic heterocycles. The minimum absolute atomic E-state index is 0.250. The van der Waals surface area contributed by atoms with Crippen molar-refractivity contribution in [2.24, 2.45) is 0 Å². The van der Waals surface area contributed by atoms with Crippen molar-refractivity contribution in [3.63, 3.8) is 0 Å². The molecule has 1 N–H and O–H groups in total. The van der Waals surface area contributed by atoms with Crippen molar-refractivity contribution in [3.05, 3.63) is 59.7 Å². The van der Waals surface area contributed by atoms with Gasteiger partial charge in [0.1, 0.15) is 0 Å². The Hall–Kier alpha value is -1.95. The zero-order valence-corrected chi connectivity index (χ0v) is 16.5. The summed E-state index contributed by atoms with van der Waals surface area (Å²) in [4.78, 5) is -0.714. The van der Waals surface area contributed by atoms with Crippen molar-refractivity contribution in [3.8, 4) is 0 Å². The van der Waals surface area contributed by atoms with E-state index >= 15 is 0 Å². The zero-order valence-electron chi connectivity index (χ0n) is 14.9. The lowest BCUT2D eigenvalue weighted by atomic mass is 10.2. The standard InChI is InChI=1S/C17H18F3NO5S2/c1-12-3-7-14(8-4-12)27(22,23)21-11-16(17(18,19)20)26-28(24,25)15-9-5-13(2)6-10-15/h3-10,16,21H,11H2,1-2H3/t16-/m0/s1. The highest BCUT2D eigenvalue weighted by Gasteiger charge is 2.44. The number of hydrogen-bond donors (Lipinski definition) is 1. The van der Waals surface area contributed by atoms with Gasteiger partial charge in [-0.25, -0.2) is 13.1 Å². The fourth-order valence-electron chi connectivity index (χ4n) is 2.10. The summed E-state index contributed by atoms with van der Waals surface area (Å²) in [7, 11) is -9.04. The van der Waals surface area contributed by atoms with Gasteiger partial charge in [-0.2, -0.15) is 21.6 Å². The number of rotatable bonds is 7. The maximum Gasteiger partial charge on any atom is 0.417 e. The van der Waals surface area contributed by atoms with Gasteiger partial charge in [0.25, 0.3) is 10.1 Å². The van der Waals surface area contributed by atoms with E-state index in [0.717, 1.165) is 17.7 Å². The van der Waals surface area contributed by atoms with Gasteiger partial charge in [0.2, 0.25) is 10.0 Å². The average Bonchev–Trinajstić information content (AvgIpc) is 2.58. The SMILES string of the molecule is Cc1ccc(S(=O)(=O)NC[C@H](OS(=O)(=O)c2ccc(C)cc2)C(F)(F)F)cc1. The smallest absolute Gasteiger partial charge is 0.252 e. The van der Waals surface area contributed by atoms with Crippen molar-refractivity contribution >= 4 is 20.1 Å². The molecule has 0 spiro atoms. The Bertz CT molecular complexity index is 1020. The van der Waals surface area contributed by atoms with Crippen LogP contribution in [0.3, 0.4) is 0 Å². The summed E-state index contributed by atoms with van der Waals surface area (Å²) in [6.45, 7) is 2.09. The molecule has 2 rings (SSSR count). The van der Waals surface area contributed by atoms with Gasteiger partial charge in [-0.05, 0) is 38.1 Å². The first-order valence-corrected chi connectivity index (χ1v) is 10.8. The quantitative estimate of drug-likeness (QED) is 0.673. The summed E-state index contributed by atoms with van der Waals surface area (Å²) < 4.78 is 94.4. The number of nitrogens with one attached hydrogen (secondary N) is 1. The maximum absolute atomic E-state index is 13.2. The summed E-state index contributed by atoms with van der Waals surface area (Å²) in [5.41, 5.74) is 1.47. The van der Waals surface area contributed by atoms with Crippen LogP contribution in [0.15, 0.2) is 58.3 Å². The topological polar surface area (TPSA) is 89.5 Å². The van der Waals surface area contributed by atoms with Crippen LogP contribution in [0.4, 0.5) is 13.2 Å². The van der Waals surface area contributed by atoms with Crippen LogP contribution in [0, 0.1) is 13.8 Å². The molecular weight excluding hydrogens is 419 g/mol. The van der Waals surface area contributed by atoms with E-state index in [1.165, 1.54) is 36.4 Å². The first-order valence-electron chi connectivity index (χ1n) is 7.94. The molecule has 11 heteroatoms. The van der Waals surface area contributed by atoms with Crippen LogP contribution in [-0.4, -0.2) is 35.7 Å². The summed E-state index contributed by atoms with van der Waals surface area (Å²) in [6.07, 6.45) is -8.01. The third-order valence-electron chi connectivity index (χ3n) is 3.71. The lowest BCUT2D eigenvalue weighted by molar-refractivity contribution is -0.191. The molecule has 0 radical (unpaired) electrons. The van der Waals surface area contributed by atoms with Crippen molar-refractivity contribution in [2.45, 2.75) is 35.9 Å². The molecule has 6 nitrogen and oxygen atoms in total. The summed E-state index contributed by atoms with van der Waals surface area (Å²) in [5, 5.41) is 0. The summed E-state index contributed by atoms with van der Waals surface area (Å²) in [5.74, 6) is 0. The van der Waals surface area contributed by atoms with Crippen LogP contribution in [0.1, 0.15) is 11.1 Å². The molecule has 0 aromatic heterocycles. The summed E-state index contributed by atoms with van der Waals surface area (Å²) in [6, 6.07) is 10.4. The Morgan fingerprint density at radius 1 is 0.857 bits per heavy atom. The van der Waals surface area contributed by atoms with Gasteiger partial charge in [-0.1, -0.05) is 35.4 Å².